The van der Waals surface area contributed by atoms with Crippen molar-refractivity contribution in [1.82, 2.24) is 14.5 Å². The predicted molar refractivity (Wildman–Crippen MR) is 131 cm³/mol. The van der Waals surface area contributed by atoms with Crippen molar-refractivity contribution in [1.29, 1.82) is 0 Å². The first kappa shape index (κ1) is 22.7. The fourth-order valence-electron chi connectivity index (χ4n) is 3.81. The molecule has 9 heteroatoms. The van der Waals surface area contributed by atoms with Gasteiger partial charge >= 0.3 is 5.97 Å². The van der Waals surface area contributed by atoms with Gasteiger partial charge in [-0.2, -0.15) is 0 Å². The number of hydrogen-bond donors (Lipinski definition) is 0. The standard InChI is InChI=1S/C24H21ClN4O3S/c1-15-11-17(16(2)28(15)20-5-4-10-26-13-20)12-21-23(31)29(19-8-6-18(25)7-9-19)24(33)27(21)14-22(30)32-3/h4-13H,14H2,1-3H3/b21-12-. The minimum absolute atomic E-state index is 0.182. The number of anilines is 1. The van der Waals surface area contributed by atoms with Crippen molar-refractivity contribution in [2.45, 2.75) is 13.8 Å². The maximum absolute atomic E-state index is 13.5. The molecule has 1 amide bonds. The normalized spacial score (nSPS) is 15.0. The number of methoxy groups -OCH3 is 1. The zero-order valence-corrected chi connectivity index (χ0v) is 19.9. The molecule has 0 unspecified atom stereocenters. The van der Waals surface area contributed by atoms with Crippen LogP contribution in [0.25, 0.3) is 11.8 Å². The Balaban J connectivity index is 1.80. The van der Waals surface area contributed by atoms with Crippen LogP contribution in [0, 0.1) is 13.8 Å². The van der Waals surface area contributed by atoms with E-state index in [4.69, 9.17) is 28.6 Å². The number of nitrogens with zero attached hydrogens (tertiary/aromatic N) is 4. The second-order valence-electron chi connectivity index (χ2n) is 7.46. The Morgan fingerprint density at radius 1 is 1.18 bits per heavy atom. The minimum atomic E-state index is -0.505. The first-order valence-corrected chi connectivity index (χ1v) is 10.9. The average Bonchev–Trinajstić information content (AvgIpc) is 3.21. The van der Waals surface area contributed by atoms with Crippen molar-refractivity contribution in [2.24, 2.45) is 0 Å². The van der Waals surface area contributed by atoms with Crippen molar-refractivity contribution >= 4 is 52.6 Å². The van der Waals surface area contributed by atoms with Gasteiger partial charge in [0.05, 0.1) is 24.7 Å². The second kappa shape index (κ2) is 9.17. The summed E-state index contributed by atoms with van der Waals surface area (Å²) >= 11 is 11.6. The molecule has 3 heterocycles. The second-order valence-corrected chi connectivity index (χ2v) is 8.27. The lowest BCUT2D eigenvalue weighted by Gasteiger charge is -2.19. The molecule has 0 aliphatic carbocycles. The molecule has 4 rings (SSSR count). The van der Waals surface area contributed by atoms with Gasteiger partial charge in [0.15, 0.2) is 5.11 Å². The third-order valence-electron chi connectivity index (χ3n) is 5.40. The van der Waals surface area contributed by atoms with Crippen LogP contribution in [-0.2, 0) is 14.3 Å². The van der Waals surface area contributed by atoms with E-state index in [0.29, 0.717) is 10.7 Å². The average molecular weight is 481 g/mol. The smallest absolute Gasteiger partial charge is 0.325 e. The number of aromatic nitrogens is 2. The number of benzene rings is 1. The number of aryl methyl sites for hydroxylation is 1. The molecule has 1 fully saturated rings. The summed E-state index contributed by atoms with van der Waals surface area (Å²) in [6.45, 7) is 3.76. The van der Waals surface area contributed by atoms with E-state index in [1.54, 1.807) is 42.7 Å². The Morgan fingerprint density at radius 3 is 2.55 bits per heavy atom. The van der Waals surface area contributed by atoms with Gasteiger partial charge in [-0.05, 0) is 80.2 Å². The molecule has 33 heavy (non-hydrogen) atoms. The van der Waals surface area contributed by atoms with E-state index in [2.05, 4.69) is 9.55 Å². The van der Waals surface area contributed by atoms with E-state index < -0.39 is 5.97 Å². The summed E-state index contributed by atoms with van der Waals surface area (Å²) in [7, 11) is 1.30. The van der Waals surface area contributed by atoms with E-state index in [0.717, 1.165) is 22.6 Å². The third kappa shape index (κ3) is 4.27. The molecule has 0 radical (unpaired) electrons. The van der Waals surface area contributed by atoms with Crippen LogP contribution in [0.5, 0.6) is 0 Å². The lowest BCUT2D eigenvalue weighted by molar-refractivity contribution is -0.140. The number of carbonyl (C=O) groups excluding carboxylic acids is 2. The summed E-state index contributed by atoms with van der Waals surface area (Å²) in [5.74, 6) is -0.841. The number of amides is 1. The van der Waals surface area contributed by atoms with Crippen LogP contribution in [0.4, 0.5) is 5.69 Å². The van der Waals surface area contributed by atoms with Gasteiger partial charge in [-0.3, -0.25) is 19.5 Å². The Bertz CT molecular complexity index is 1270. The molecule has 0 bridgehead atoms. The molecule has 1 aromatic carbocycles. The van der Waals surface area contributed by atoms with E-state index in [-0.39, 0.29) is 23.3 Å². The summed E-state index contributed by atoms with van der Waals surface area (Å²) in [4.78, 5) is 32.7. The summed E-state index contributed by atoms with van der Waals surface area (Å²) < 4.78 is 6.88. The first-order chi connectivity index (χ1) is 15.8. The SMILES string of the molecule is COC(=O)CN1C(=S)N(c2ccc(Cl)cc2)C(=O)/C1=C/c1cc(C)n(-c2cccnc2)c1C. The van der Waals surface area contributed by atoms with Gasteiger partial charge < -0.3 is 14.2 Å². The summed E-state index contributed by atoms with van der Waals surface area (Å²) in [6.07, 6.45) is 5.25. The van der Waals surface area contributed by atoms with Gasteiger partial charge in [0.1, 0.15) is 12.2 Å². The molecule has 0 saturated carbocycles. The van der Waals surface area contributed by atoms with Crippen LogP contribution in [0.15, 0.2) is 60.6 Å². The molecule has 168 valence electrons. The van der Waals surface area contributed by atoms with Crippen molar-refractivity contribution in [3.05, 3.63) is 82.5 Å². The fraction of sp³-hybridized carbons (Fsp3) is 0.167. The lowest BCUT2D eigenvalue weighted by Crippen LogP contribution is -2.35. The van der Waals surface area contributed by atoms with Gasteiger partial charge in [-0.1, -0.05) is 11.6 Å². The molecule has 1 aliphatic heterocycles. The molecule has 3 aromatic rings. The maximum atomic E-state index is 13.5. The molecule has 7 nitrogen and oxygen atoms in total. The molecule has 0 N–H and O–H groups in total. The molecular formula is C24H21ClN4O3S. The topological polar surface area (TPSA) is 67.7 Å². The van der Waals surface area contributed by atoms with Gasteiger partial charge in [-0.25, -0.2) is 0 Å². The van der Waals surface area contributed by atoms with Crippen LogP contribution in [0.1, 0.15) is 17.0 Å². The van der Waals surface area contributed by atoms with E-state index in [1.807, 2.05) is 32.0 Å². The highest BCUT2D eigenvalue weighted by atomic mass is 35.5. The quantitative estimate of drug-likeness (QED) is 0.308. The van der Waals surface area contributed by atoms with E-state index in [1.165, 1.54) is 16.9 Å². The lowest BCUT2D eigenvalue weighted by atomic mass is 10.2. The summed E-state index contributed by atoms with van der Waals surface area (Å²) in [6, 6.07) is 12.6. The van der Waals surface area contributed by atoms with Crippen molar-refractivity contribution < 1.29 is 14.3 Å². The highest BCUT2D eigenvalue weighted by Gasteiger charge is 2.40. The summed E-state index contributed by atoms with van der Waals surface area (Å²) in [5, 5.41) is 0.737. The Kier molecular flexibility index (Phi) is 6.31. The molecule has 2 aromatic heterocycles. The monoisotopic (exact) mass is 480 g/mol. The zero-order valence-electron chi connectivity index (χ0n) is 18.3. The number of hydrogen-bond acceptors (Lipinski definition) is 5. The number of thiocarbonyl (C=S) groups is 1. The van der Waals surface area contributed by atoms with Gasteiger partial charge in [0, 0.05) is 22.6 Å². The minimum Gasteiger partial charge on any atom is -0.468 e. The van der Waals surface area contributed by atoms with E-state index in [9.17, 15) is 9.59 Å². The van der Waals surface area contributed by atoms with Crippen LogP contribution >= 0.6 is 23.8 Å². The highest BCUT2D eigenvalue weighted by molar-refractivity contribution is 7.80. The predicted octanol–water partition coefficient (Wildman–Crippen LogP) is 4.29. The molecular weight excluding hydrogens is 460 g/mol. The van der Waals surface area contributed by atoms with Crippen LogP contribution in [0.2, 0.25) is 5.02 Å². The number of rotatable bonds is 5. The Labute approximate surface area is 201 Å². The zero-order chi connectivity index (χ0) is 23.7. The van der Waals surface area contributed by atoms with Crippen molar-refractivity contribution in [2.75, 3.05) is 18.6 Å². The summed E-state index contributed by atoms with van der Waals surface area (Å²) in [5.41, 5.74) is 4.50. The van der Waals surface area contributed by atoms with Crippen molar-refractivity contribution in [3.8, 4) is 5.69 Å². The maximum Gasteiger partial charge on any atom is 0.325 e. The molecule has 1 saturated heterocycles. The number of pyridine rings is 1. The van der Waals surface area contributed by atoms with Crippen LogP contribution in [-0.4, -0.2) is 45.1 Å². The number of esters is 1. The Morgan fingerprint density at radius 2 is 1.91 bits per heavy atom. The van der Waals surface area contributed by atoms with Gasteiger partial charge in [0.2, 0.25) is 0 Å². The number of halogens is 1. The first-order valence-electron chi connectivity index (χ1n) is 10.1. The third-order valence-corrected chi connectivity index (χ3v) is 6.06. The fourth-order valence-corrected chi connectivity index (χ4v) is 4.29. The largest absolute Gasteiger partial charge is 0.468 e. The molecule has 0 spiro atoms. The molecule has 1 aliphatic rings. The molecule has 0 atom stereocenters. The number of ether oxygens (including phenoxy) is 1. The van der Waals surface area contributed by atoms with Crippen molar-refractivity contribution in [3.63, 3.8) is 0 Å². The highest BCUT2D eigenvalue weighted by Crippen LogP contribution is 2.31. The van der Waals surface area contributed by atoms with Gasteiger partial charge in [0.25, 0.3) is 5.91 Å². The van der Waals surface area contributed by atoms with Crippen LogP contribution in [0.3, 0.4) is 0 Å². The Hall–Kier alpha value is -3.49. The van der Waals surface area contributed by atoms with Crippen LogP contribution < -0.4 is 4.90 Å². The van der Waals surface area contributed by atoms with E-state index >= 15 is 0 Å². The van der Waals surface area contributed by atoms with Gasteiger partial charge in [-0.15, -0.1) is 0 Å². The number of carbonyl (C=O) groups is 2.